The summed E-state index contributed by atoms with van der Waals surface area (Å²) in [6.07, 6.45) is 4.46. The minimum absolute atomic E-state index is 0.0155. The first-order valence-corrected chi connectivity index (χ1v) is 14.5. The summed E-state index contributed by atoms with van der Waals surface area (Å²) in [4.78, 5) is 48.2. The Bertz CT molecular complexity index is 1210. The van der Waals surface area contributed by atoms with Gasteiger partial charge in [0.25, 0.3) is 5.91 Å². The second-order valence-electron chi connectivity index (χ2n) is 11.3. The van der Waals surface area contributed by atoms with E-state index < -0.39 is 11.5 Å². The summed E-state index contributed by atoms with van der Waals surface area (Å²) in [6.45, 7) is 8.04. The van der Waals surface area contributed by atoms with E-state index in [0.29, 0.717) is 53.9 Å². The Morgan fingerprint density at radius 2 is 1.75 bits per heavy atom. The third kappa shape index (κ3) is 7.86. The third-order valence-electron chi connectivity index (χ3n) is 7.07. The lowest BCUT2D eigenvalue weighted by atomic mass is 9.93. The fraction of sp³-hybridized carbons (Fsp3) is 0.517. The van der Waals surface area contributed by atoms with Gasteiger partial charge in [0.05, 0.1) is 16.3 Å². The monoisotopic (exact) mass is 589 g/mol. The Balaban J connectivity index is 1.65. The van der Waals surface area contributed by atoms with Crippen molar-refractivity contribution in [2.75, 3.05) is 36.4 Å². The molecular formula is C29H37Cl2N5O4. The van der Waals surface area contributed by atoms with E-state index in [4.69, 9.17) is 27.9 Å². The topological polar surface area (TPSA) is 104 Å². The van der Waals surface area contributed by atoms with Gasteiger partial charge in [0.2, 0.25) is 5.91 Å². The second kappa shape index (κ2) is 13.2. The standard InChI is InChI=1S/C29H37Cl2N5O4/c1-29(2,3)40-28(39)35-15-4-5-22(12-16-35)36(27(38)19-10-13-32-14-11-19)24-8-6-20(30)17-23(24)26(37)34-25-9-7-21(31)18-33-25/h6-9,17-19,22,32H,4-5,10-16H2,1-3H3,(H,33,34,37). The van der Waals surface area contributed by atoms with E-state index in [1.54, 1.807) is 40.1 Å². The Kier molecular flexibility index (Phi) is 9.92. The van der Waals surface area contributed by atoms with Crippen LogP contribution in [-0.2, 0) is 9.53 Å². The molecule has 1 aromatic carbocycles. The highest BCUT2D eigenvalue weighted by atomic mass is 35.5. The Labute approximate surface area is 245 Å². The van der Waals surface area contributed by atoms with Crippen molar-refractivity contribution in [2.24, 2.45) is 5.92 Å². The third-order valence-corrected chi connectivity index (χ3v) is 7.53. The van der Waals surface area contributed by atoms with Crippen LogP contribution in [0, 0.1) is 5.92 Å². The maximum Gasteiger partial charge on any atom is 0.410 e. The number of ether oxygens (including phenoxy) is 1. The predicted octanol–water partition coefficient (Wildman–Crippen LogP) is 5.76. The molecule has 0 aliphatic carbocycles. The number of hydrogen-bond donors (Lipinski definition) is 2. The highest BCUT2D eigenvalue weighted by Gasteiger charge is 2.36. The molecule has 40 heavy (non-hydrogen) atoms. The van der Waals surface area contributed by atoms with Gasteiger partial charge >= 0.3 is 6.09 Å². The number of piperidine rings is 1. The number of pyridine rings is 1. The van der Waals surface area contributed by atoms with Crippen molar-refractivity contribution >= 4 is 52.6 Å². The van der Waals surface area contributed by atoms with Crippen LogP contribution >= 0.6 is 23.2 Å². The summed E-state index contributed by atoms with van der Waals surface area (Å²) in [5.41, 5.74) is 0.180. The molecule has 0 saturated carbocycles. The van der Waals surface area contributed by atoms with Crippen LogP contribution in [0.15, 0.2) is 36.5 Å². The Hall–Kier alpha value is -2.88. The number of likely N-dealkylation sites (tertiary alicyclic amines) is 1. The first kappa shape index (κ1) is 30.1. The lowest BCUT2D eigenvalue weighted by Crippen LogP contribution is -2.47. The van der Waals surface area contributed by atoms with Crippen LogP contribution < -0.4 is 15.5 Å². The van der Waals surface area contributed by atoms with Gasteiger partial charge in [-0.3, -0.25) is 9.59 Å². The number of benzene rings is 1. The summed E-state index contributed by atoms with van der Waals surface area (Å²) in [5.74, 6) is -0.285. The maximum atomic E-state index is 14.2. The van der Waals surface area contributed by atoms with Gasteiger partial charge in [0, 0.05) is 36.3 Å². The van der Waals surface area contributed by atoms with Crippen molar-refractivity contribution in [1.29, 1.82) is 0 Å². The highest BCUT2D eigenvalue weighted by Crippen LogP contribution is 2.33. The summed E-state index contributed by atoms with van der Waals surface area (Å²) in [6, 6.07) is 8.05. The summed E-state index contributed by atoms with van der Waals surface area (Å²) < 4.78 is 5.60. The molecule has 2 aromatic rings. The van der Waals surface area contributed by atoms with Crippen molar-refractivity contribution in [3.63, 3.8) is 0 Å². The quantitative estimate of drug-likeness (QED) is 0.459. The van der Waals surface area contributed by atoms with Crippen molar-refractivity contribution < 1.29 is 19.1 Å². The van der Waals surface area contributed by atoms with Gasteiger partial charge in [0.1, 0.15) is 11.4 Å². The van der Waals surface area contributed by atoms with E-state index in [1.165, 1.54) is 6.20 Å². The zero-order chi connectivity index (χ0) is 28.9. The molecule has 11 heteroatoms. The molecule has 3 amide bonds. The fourth-order valence-corrected chi connectivity index (χ4v) is 5.42. The minimum Gasteiger partial charge on any atom is -0.444 e. The number of aromatic nitrogens is 1. The van der Waals surface area contributed by atoms with E-state index in [9.17, 15) is 14.4 Å². The van der Waals surface area contributed by atoms with Crippen molar-refractivity contribution in [3.05, 3.63) is 52.1 Å². The van der Waals surface area contributed by atoms with E-state index in [0.717, 1.165) is 25.9 Å². The first-order chi connectivity index (χ1) is 19.0. The molecule has 1 atom stereocenters. The van der Waals surface area contributed by atoms with Crippen LogP contribution in [0.2, 0.25) is 10.0 Å². The number of nitrogens with zero attached hydrogens (tertiary/aromatic N) is 3. The van der Waals surface area contributed by atoms with Gasteiger partial charge in [-0.1, -0.05) is 23.2 Å². The van der Waals surface area contributed by atoms with Gasteiger partial charge < -0.3 is 25.2 Å². The SMILES string of the molecule is CC(C)(C)OC(=O)N1CCCC(N(C(=O)C2CCNCC2)c2ccc(Cl)cc2C(=O)Nc2ccc(Cl)cn2)CC1. The minimum atomic E-state index is -0.593. The Morgan fingerprint density at radius 1 is 1.02 bits per heavy atom. The van der Waals surface area contributed by atoms with Gasteiger partial charge in [-0.15, -0.1) is 0 Å². The second-order valence-corrected chi connectivity index (χ2v) is 12.1. The largest absolute Gasteiger partial charge is 0.444 e. The van der Waals surface area contributed by atoms with Crippen LogP contribution in [0.4, 0.5) is 16.3 Å². The number of carbonyl (C=O) groups excluding carboxylic acids is 3. The molecule has 2 fully saturated rings. The van der Waals surface area contributed by atoms with E-state index in [-0.39, 0.29) is 29.5 Å². The molecule has 0 bridgehead atoms. The molecule has 4 rings (SSSR count). The smallest absolute Gasteiger partial charge is 0.410 e. The maximum absolute atomic E-state index is 14.2. The highest BCUT2D eigenvalue weighted by molar-refractivity contribution is 6.31. The van der Waals surface area contributed by atoms with Crippen LogP contribution in [0.3, 0.4) is 0 Å². The van der Waals surface area contributed by atoms with E-state index in [1.807, 2.05) is 20.8 Å². The van der Waals surface area contributed by atoms with Crippen LogP contribution in [0.25, 0.3) is 0 Å². The molecule has 9 nitrogen and oxygen atoms in total. The van der Waals surface area contributed by atoms with Gasteiger partial charge in [-0.05, 0) is 96.3 Å². The van der Waals surface area contributed by atoms with E-state index >= 15 is 0 Å². The molecule has 2 N–H and O–H groups in total. The van der Waals surface area contributed by atoms with Gasteiger partial charge in [-0.25, -0.2) is 9.78 Å². The van der Waals surface area contributed by atoms with Crippen LogP contribution in [0.5, 0.6) is 0 Å². The molecule has 0 radical (unpaired) electrons. The van der Waals surface area contributed by atoms with Crippen molar-refractivity contribution in [1.82, 2.24) is 15.2 Å². The number of nitrogens with one attached hydrogen (secondary N) is 2. The number of halogens is 2. The first-order valence-electron chi connectivity index (χ1n) is 13.8. The zero-order valence-electron chi connectivity index (χ0n) is 23.2. The lowest BCUT2D eigenvalue weighted by molar-refractivity contribution is -0.123. The fourth-order valence-electron chi connectivity index (χ4n) is 5.14. The number of rotatable bonds is 5. The van der Waals surface area contributed by atoms with Crippen LogP contribution in [0.1, 0.15) is 63.2 Å². The van der Waals surface area contributed by atoms with Gasteiger partial charge in [0.15, 0.2) is 0 Å². The number of amides is 3. The molecule has 2 saturated heterocycles. The number of hydrogen-bond acceptors (Lipinski definition) is 6. The molecule has 0 spiro atoms. The van der Waals surface area contributed by atoms with Crippen molar-refractivity contribution in [3.8, 4) is 0 Å². The molecule has 3 heterocycles. The van der Waals surface area contributed by atoms with Crippen LogP contribution in [-0.4, -0.2) is 65.6 Å². The number of carbonyl (C=O) groups is 3. The molecule has 2 aliphatic heterocycles. The molecule has 1 aromatic heterocycles. The molecule has 1 unspecified atom stereocenters. The molecule has 216 valence electrons. The Morgan fingerprint density at radius 3 is 2.42 bits per heavy atom. The average Bonchev–Trinajstić information content (AvgIpc) is 3.17. The van der Waals surface area contributed by atoms with E-state index in [2.05, 4.69) is 15.6 Å². The summed E-state index contributed by atoms with van der Waals surface area (Å²) in [5, 5.41) is 6.95. The summed E-state index contributed by atoms with van der Waals surface area (Å²) >= 11 is 12.3. The summed E-state index contributed by atoms with van der Waals surface area (Å²) in [7, 11) is 0. The number of anilines is 2. The predicted molar refractivity (Wildman–Crippen MR) is 157 cm³/mol. The molecular weight excluding hydrogens is 553 g/mol. The lowest BCUT2D eigenvalue weighted by Gasteiger charge is -2.36. The normalized spacial score (nSPS) is 18.5. The van der Waals surface area contributed by atoms with Gasteiger partial charge in [-0.2, -0.15) is 0 Å². The molecule has 2 aliphatic rings. The average molecular weight is 591 g/mol. The van der Waals surface area contributed by atoms with Crippen molar-refractivity contribution in [2.45, 2.75) is 64.5 Å². The zero-order valence-corrected chi connectivity index (χ0v) is 24.7.